The molecule has 51 heavy (non-hydrogen) atoms. The van der Waals surface area contributed by atoms with Crippen molar-refractivity contribution in [2.45, 2.75) is 77.0 Å². The number of nitrogens with one attached hydrogen (secondary N) is 1. The van der Waals surface area contributed by atoms with Crippen molar-refractivity contribution in [3.05, 3.63) is 67.3 Å². The van der Waals surface area contributed by atoms with E-state index in [1.807, 2.05) is 80.3 Å². The standard InChI is InChI=1S/C40H48N4O7/c1-6-26-23-40(26,38(48)49)42-36(46)33-20-28(24-44(33)37(47)30(39(2,3)4)21-35(45)43-17-11-8-12-18-43)51-34-22-31(25-13-9-7-10-14-25)41-32-19-27(50-5)15-16-29(32)34/h6-7,9-10,13-16,19,22,26,28,30,33H,1,8,11-12,17-18,20-21,23-24H2,2-5H3,(H,42,46)(H,48,49). The summed E-state index contributed by atoms with van der Waals surface area (Å²) >= 11 is 0. The highest BCUT2D eigenvalue weighted by molar-refractivity contribution is 5.96. The smallest absolute Gasteiger partial charge is 0.330 e. The van der Waals surface area contributed by atoms with E-state index in [2.05, 4.69) is 11.9 Å². The number of likely N-dealkylation sites (tertiary alicyclic amines) is 2. The van der Waals surface area contributed by atoms with Crippen molar-refractivity contribution in [1.29, 1.82) is 0 Å². The third-order valence-electron chi connectivity index (χ3n) is 10.6. The number of carbonyl (C=O) groups is 4. The first-order valence-electron chi connectivity index (χ1n) is 17.8. The van der Waals surface area contributed by atoms with Crippen LogP contribution in [0.4, 0.5) is 0 Å². The second kappa shape index (κ2) is 14.4. The molecule has 2 aromatic carbocycles. The summed E-state index contributed by atoms with van der Waals surface area (Å²) in [7, 11) is 1.59. The number of piperidine rings is 1. The Kier molecular flexibility index (Phi) is 10.1. The van der Waals surface area contributed by atoms with Crippen molar-refractivity contribution < 1.29 is 33.8 Å². The van der Waals surface area contributed by atoms with Crippen LogP contribution in [0.15, 0.2) is 67.3 Å². The average molecular weight is 697 g/mol. The maximum absolute atomic E-state index is 14.6. The van der Waals surface area contributed by atoms with Gasteiger partial charge in [0, 0.05) is 54.9 Å². The molecule has 0 spiro atoms. The number of carboxylic acid groups (broad SMARTS) is 1. The normalized spacial score (nSPS) is 23.7. The molecular formula is C40H48N4O7. The van der Waals surface area contributed by atoms with Gasteiger partial charge in [0.2, 0.25) is 17.7 Å². The van der Waals surface area contributed by atoms with Crippen LogP contribution in [0, 0.1) is 17.3 Å². The zero-order chi connectivity index (χ0) is 36.5. The highest BCUT2D eigenvalue weighted by atomic mass is 16.5. The number of hydrogen-bond donors (Lipinski definition) is 2. The lowest BCUT2D eigenvalue weighted by atomic mass is 9.77. The summed E-state index contributed by atoms with van der Waals surface area (Å²) in [4.78, 5) is 62.8. The summed E-state index contributed by atoms with van der Waals surface area (Å²) < 4.78 is 12.2. The summed E-state index contributed by atoms with van der Waals surface area (Å²) in [6, 6.07) is 16.1. The van der Waals surface area contributed by atoms with Crippen LogP contribution in [0.3, 0.4) is 0 Å². The van der Waals surface area contributed by atoms with Crippen molar-refractivity contribution in [2.75, 3.05) is 26.7 Å². The van der Waals surface area contributed by atoms with Crippen molar-refractivity contribution in [3.63, 3.8) is 0 Å². The number of hydrogen-bond acceptors (Lipinski definition) is 7. The van der Waals surface area contributed by atoms with Crippen LogP contribution in [0.5, 0.6) is 11.5 Å². The Bertz CT molecular complexity index is 1820. The molecule has 270 valence electrons. The number of nitrogens with zero attached hydrogens (tertiary/aromatic N) is 3. The Morgan fingerprint density at radius 3 is 2.43 bits per heavy atom. The molecule has 3 amide bonds. The van der Waals surface area contributed by atoms with Gasteiger partial charge in [-0.2, -0.15) is 0 Å². The van der Waals surface area contributed by atoms with Gasteiger partial charge < -0.3 is 29.7 Å². The average Bonchev–Trinajstić information content (AvgIpc) is 3.69. The Morgan fingerprint density at radius 2 is 1.80 bits per heavy atom. The van der Waals surface area contributed by atoms with Gasteiger partial charge >= 0.3 is 5.97 Å². The number of methoxy groups -OCH3 is 1. The van der Waals surface area contributed by atoms with Crippen LogP contribution < -0.4 is 14.8 Å². The predicted molar refractivity (Wildman–Crippen MR) is 193 cm³/mol. The molecule has 5 unspecified atom stereocenters. The quantitative estimate of drug-likeness (QED) is 0.252. The fraction of sp³-hybridized carbons (Fsp3) is 0.475. The van der Waals surface area contributed by atoms with Gasteiger partial charge in [-0.15, -0.1) is 6.58 Å². The maximum atomic E-state index is 14.6. The van der Waals surface area contributed by atoms with Crippen LogP contribution in [-0.2, 0) is 19.2 Å². The molecule has 0 radical (unpaired) electrons. The van der Waals surface area contributed by atoms with Crippen molar-refractivity contribution >= 4 is 34.6 Å². The van der Waals surface area contributed by atoms with E-state index in [1.54, 1.807) is 7.11 Å². The van der Waals surface area contributed by atoms with E-state index in [-0.39, 0.29) is 37.6 Å². The number of amides is 3. The van der Waals surface area contributed by atoms with Gasteiger partial charge in [-0.25, -0.2) is 9.78 Å². The summed E-state index contributed by atoms with van der Waals surface area (Å²) in [5.74, 6) is -2.07. The summed E-state index contributed by atoms with van der Waals surface area (Å²) in [5.41, 5.74) is 0.162. The molecule has 1 aromatic heterocycles. The number of aromatic nitrogens is 1. The lowest BCUT2D eigenvalue weighted by molar-refractivity contribution is -0.149. The molecule has 3 aromatic rings. The SMILES string of the molecule is C=CC1CC1(NC(=O)C1CC(Oc2cc(-c3ccccc3)nc3cc(OC)ccc23)CN1C(=O)C(CC(=O)N1CCCCC1)C(C)(C)C)C(=O)O. The zero-order valence-corrected chi connectivity index (χ0v) is 29.9. The van der Waals surface area contributed by atoms with Gasteiger partial charge in [-0.1, -0.05) is 57.2 Å². The monoisotopic (exact) mass is 696 g/mol. The van der Waals surface area contributed by atoms with E-state index >= 15 is 0 Å². The number of pyridine rings is 1. The van der Waals surface area contributed by atoms with Gasteiger partial charge in [0.25, 0.3) is 0 Å². The number of ether oxygens (including phenoxy) is 2. The minimum atomic E-state index is -1.47. The molecule has 2 aliphatic heterocycles. The van der Waals surface area contributed by atoms with Crippen LogP contribution in [0.1, 0.15) is 59.3 Å². The van der Waals surface area contributed by atoms with E-state index < -0.39 is 46.8 Å². The molecule has 3 fully saturated rings. The zero-order valence-electron chi connectivity index (χ0n) is 29.9. The molecule has 11 nitrogen and oxygen atoms in total. The van der Waals surface area contributed by atoms with Crippen molar-refractivity contribution in [2.24, 2.45) is 17.3 Å². The molecule has 2 N–H and O–H groups in total. The number of benzene rings is 2. The minimum Gasteiger partial charge on any atom is -0.497 e. The first-order valence-corrected chi connectivity index (χ1v) is 17.8. The fourth-order valence-corrected chi connectivity index (χ4v) is 7.44. The topological polar surface area (TPSA) is 138 Å². The van der Waals surface area contributed by atoms with Crippen molar-refractivity contribution in [3.8, 4) is 22.8 Å². The highest BCUT2D eigenvalue weighted by Gasteiger charge is 2.61. The Balaban J connectivity index is 1.33. The second-order valence-corrected chi connectivity index (χ2v) is 15.1. The number of carbonyl (C=O) groups excluding carboxylic acids is 3. The van der Waals surface area contributed by atoms with E-state index in [4.69, 9.17) is 14.5 Å². The Hall–Kier alpha value is -4.93. The van der Waals surface area contributed by atoms with Gasteiger partial charge in [-0.05, 0) is 43.2 Å². The Labute approximate surface area is 299 Å². The molecule has 5 atom stereocenters. The summed E-state index contributed by atoms with van der Waals surface area (Å²) in [6.07, 6.45) is 4.25. The molecule has 0 bridgehead atoms. The molecule has 6 rings (SSSR count). The number of rotatable bonds is 11. The molecule has 2 saturated heterocycles. The number of carboxylic acids is 1. The molecule has 11 heteroatoms. The van der Waals surface area contributed by atoms with E-state index in [0.717, 1.165) is 30.2 Å². The highest BCUT2D eigenvalue weighted by Crippen LogP contribution is 2.45. The molecule has 1 saturated carbocycles. The van der Waals surface area contributed by atoms with Crippen LogP contribution >= 0.6 is 0 Å². The van der Waals surface area contributed by atoms with Crippen molar-refractivity contribution in [1.82, 2.24) is 20.1 Å². The van der Waals surface area contributed by atoms with Gasteiger partial charge in [0.15, 0.2) is 0 Å². The molecular weight excluding hydrogens is 648 g/mol. The van der Waals surface area contributed by atoms with E-state index in [1.165, 1.54) is 11.0 Å². The fourth-order valence-electron chi connectivity index (χ4n) is 7.44. The van der Waals surface area contributed by atoms with Crippen LogP contribution in [0.2, 0.25) is 0 Å². The van der Waals surface area contributed by atoms with Gasteiger partial charge in [0.05, 0.1) is 30.8 Å². The van der Waals surface area contributed by atoms with Crippen LogP contribution in [-0.4, -0.2) is 88.0 Å². The molecule has 3 heterocycles. The molecule has 3 aliphatic rings. The Morgan fingerprint density at radius 1 is 1.08 bits per heavy atom. The second-order valence-electron chi connectivity index (χ2n) is 15.1. The predicted octanol–water partition coefficient (Wildman–Crippen LogP) is 5.47. The third kappa shape index (κ3) is 7.43. The lowest BCUT2D eigenvalue weighted by Gasteiger charge is -2.36. The van der Waals surface area contributed by atoms with Gasteiger partial charge in [-0.3, -0.25) is 14.4 Å². The first kappa shape index (κ1) is 35.9. The first-order chi connectivity index (χ1) is 24.3. The van der Waals surface area contributed by atoms with E-state index in [0.29, 0.717) is 35.8 Å². The van der Waals surface area contributed by atoms with E-state index in [9.17, 15) is 24.3 Å². The lowest BCUT2D eigenvalue weighted by Crippen LogP contribution is -2.54. The number of fused-ring (bicyclic) bond motifs is 1. The molecule has 1 aliphatic carbocycles. The third-order valence-corrected chi connectivity index (χ3v) is 10.6. The number of aliphatic carboxylic acids is 1. The summed E-state index contributed by atoms with van der Waals surface area (Å²) in [6.45, 7) is 11.0. The largest absolute Gasteiger partial charge is 0.497 e. The summed E-state index contributed by atoms with van der Waals surface area (Å²) in [5, 5.41) is 13.6. The van der Waals surface area contributed by atoms with Crippen LogP contribution in [0.25, 0.3) is 22.2 Å². The van der Waals surface area contributed by atoms with Gasteiger partial charge in [0.1, 0.15) is 29.2 Å². The minimum absolute atomic E-state index is 0.0214. The maximum Gasteiger partial charge on any atom is 0.330 e.